The molecule has 1 atom stereocenters. The van der Waals surface area contributed by atoms with E-state index in [1.165, 1.54) is 11.1 Å². The zero-order valence-corrected chi connectivity index (χ0v) is 13.0. The number of aryl methyl sites for hydroxylation is 1. The molecule has 2 rings (SSSR count). The highest BCUT2D eigenvalue weighted by molar-refractivity contribution is 9.10. The second-order valence-electron chi connectivity index (χ2n) is 4.57. The molecule has 3 N–H and O–H groups in total. The Balaban J connectivity index is 2.22. The van der Waals surface area contributed by atoms with E-state index in [-0.39, 0.29) is 6.04 Å². The van der Waals surface area contributed by atoms with Crippen molar-refractivity contribution in [3.63, 3.8) is 0 Å². The summed E-state index contributed by atoms with van der Waals surface area (Å²) in [5, 5.41) is 0.712. The van der Waals surface area contributed by atoms with Crippen LogP contribution < -0.4 is 11.3 Å². The van der Waals surface area contributed by atoms with Gasteiger partial charge in [0.15, 0.2) is 0 Å². The summed E-state index contributed by atoms with van der Waals surface area (Å²) in [7, 11) is 0. The first kappa shape index (κ1) is 14.5. The second kappa shape index (κ2) is 6.53. The number of benzene rings is 2. The third kappa shape index (κ3) is 3.80. The Bertz CT molecular complexity index is 555. The summed E-state index contributed by atoms with van der Waals surface area (Å²) in [6.45, 7) is 2.08. The minimum Gasteiger partial charge on any atom is -0.271 e. The average molecular weight is 340 g/mol. The van der Waals surface area contributed by atoms with Gasteiger partial charge in [-0.3, -0.25) is 11.3 Å². The molecule has 2 nitrogen and oxygen atoms in total. The van der Waals surface area contributed by atoms with Crippen molar-refractivity contribution in [1.29, 1.82) is 0 Å². The number of hydrazine groups is 1. The van der Waals surface area contributed by atoms with Crippen molar-refractivity contribution < 1.29 is 0 Å². The first-order chi connectivity index (χ1) is 9.10. The Morgan fingerprint density at radius 1 is 1.21 bits per heavy atom. The smallest absolute Gasteiger partial charge is 0.0515 e. The fourth-order valence-electron chi connectivity index (χ4n) is 2.00. The Kier molecular flexibility index (Phi) is 4.99. The molecule has 2 aromatic carbocycles. The molecule has 0 fully saturated rings. The van der Waals surface area contributed by atoms with E-state index >= 15 is 0 Å². The average Bonchev–Trinajstić information content (AvgIpc) is 2.39. The maximum Gasteiger partial charge on any atom is 0.0515 e. The molecule has 0 heterocycles. The van der Waals surface area contributed by atoms with Gasteiger partial charge in [0.25, 0.3) is 0 Å². The molecule has 0 aliphatic rings. The first-order valence-corrected chi connectivity index (χ1v) is 7.24. The third-order valence-corrected chi connectivity index (χ3v) is 3.92. The van der Waals surface area contributed by atoms with Gasteiger partial charge in [0.1, 0.15) is 0 Å². The van der Waals surface area contributed by atoms with Crippen molar-refractivity contribution in [1.82, 2.24) is 5.43 Å². The lowest BCUT2D eigenvalue weighted by atomic mass is 9.99. The van der Waals surface area contributed by atoms with Crippen molar-refractivity contribution >= 4 is 27.5 Å². The largest absolute Gasteiger partial charge is 0.271 e. The van der Waals surface area contributed by atoms with Crippen LogP contribution in [-0.2, 0) is 6.42 Å². The van der Waals surface area contributed by atoms with Gasteiger partial charge in [-0.25, -0.2) is 0 Å². The molecule has 0 amide bonds. The Morgan fingerprint density at radius 3 is 2.47 bits per heavy atom. The molecule has 0 saturated heterocycles. The molecule has 19 heavy (non-hydrogen) atoms. The Labute approximate surface area is 127 Å². The van der Waals surface area contributed by atoms with Crippen LogP contribution in [-0.4, -0.2) is 0 Å². The number of hydrogen-bond acceptors (Lipinski definition) is 2. The van der Waals surface area contributed by atoms with E-state index in [4.69, 9.17) is 17.4 Å². The standard InChI is InChI=1S/C15H16BrClN2/c1-10-2-4-11(5-3-10)8-15(19-18)13-7-6-12(16)9-14(13)17/h2-7,9,15,19H,8,18H2,1H3. The number of halogens is 2. The fourth-order valence-corrected chi connectivity index (χ4v) is 2.81. The number of nitrogens with two attached hydrogens (primary N) is 1. The van der Waals surface area contributed by atoms with Crippen molar-refractivity contribution in [2.45, 2.75) is 19.4 Å². The molecule has 2 aromatic rings. The lowest BCUT2D eigenvalue weighted by molar-refractivity contribution is 0.552. The van der Waals surface area contributed by atoms with Crippen LogP contribution in [0.2, 0.25) is 5.02 Å². The molecule has 0 bridgehead atoms. The van der Waals surface area contributed by atoms with Crippen molar-refractivity contribution in [2.75, 3.05) is 0 Å². The van der Waals surface area contributed by atoms with Crippen LogP contribution in [0.4, 0.5) is 0 Å². The molecule has 1 unspecified atom stereocenters. The number of nitrogens with one attached hydrogen (secondary N) is 1. The van der Waals surface area contributed by atoms with Crippen LogP contribution in [0.3, 0.4) is 0 Å². The van der Waals surface area contributed by atoms with Crippen molar-refractivity contribution in [3.8, 4) is 0 Å². The van der Waals surface area contributed by atoms with Crippen molar-refractivity contribution in [2.24, 2.45) is 5.84 Å². The summed E-state index contributed by atoms with van der Waals surface area (Å²) >= 11 is 9.67. The summed E-state index contributed by atoms with van der Waals surface area (Å²) in [6, 6.07) is 14.3. The van der Waals surface area contributed by atoms with Gasteiger partial charge in [0, 0.05) is 9.50 Å². The van der Waals surface area contributed by atoms with Gasteiger partial charge in [-0.2, -0.15) is 0 Å². The van der Waals surface area contributed by atoms with Gasteiger partial charge in [0.05, 0.1) is 6.04 Å². The van der Waals surface area contributed by atoms with E-state index in [9.17, 15) is 0 Å². The molecular formula is C15H16BrClN2. The van der Waals surface area contributed by atoms with Gasteiger partial charge in [0.2, 0.25) is 0 Å². The Hall–Kier alpha value is -0.870. The predicted molar refractivity (Wildman–Crippen MR) is 84.1 cm³/mol. The molecule has 0 radical (unpaired) electrons. The topological polar surface area (TPSA) is 38.0 Å². The normalized spacial score (nSPS) is 12.4. The molecular weight excluding hydrogens is 324 g/mol. The van der Waals surface area contributed by atoms with Crippen LogP contribution in [0.1, 0.15) is 22.7 Å². The molecule has 4 heteroatoms. The van der Waals surface area contributed by atoms with Gasteiger partial charge >= 0.3 is 0 Å². The quantitative estimate of drug-likeness (QED) is 0.648. The van der Waals surface area contributed by atoms with Crippen LogP contribution in [0, 0.1) is 6.92 Å². The minimum atomic E-state index is 0.00306. The highest BCUT2D eigenvalue weighted by Gasteiger charge is 2.14. The molecule has 100 valence electrons. The maximum atomic E-state index is 6.27. The van der Waals surface area contributed by atoms with E-state index < -0.39 is 0 Å². The van der Waals surface area contributed by atoms with Crippen molar-refractivity contribution in [3.05, 3.63) is 68.7 Å². The van der Waals surface area contributed by atoms with Gasteiger partial charge < -0.3 is 0 Å². The zero-order valence-electron chi connectivity index (χ0n) is 10.7. The highest BCUT2D eigenvalue weighted by atomic mass is 79.9. The summed E-state index contributed by atoms with van der Waals surface area (Å²) in [6.07, 6.45) is 0.804. The summed E-state index contributed by atoms with van der Waals surface area (Å²) in [4.78, 5) is 0. The van der Waals surface area contributed by atoms with Gasteiger partial charge in [-0.15, -0.1) is 0 Å². The molecule has 0 aliphatic heterocycles. The SMILES string of the molecule is Cc1ccc(CC(NN)c2ccc(Br)cc2Cl)cc1. The fraction of sp³-hybridized carbons (Fsp3) is 0.200. The highest BCUT2D eigenvalue weighted by Crippen LogP contribution is 2.28. The summed E-state index contributed by atoms with van der Waals surface area (Å²) in [5.74, 6) is 5.67. The van der Waals surface area contributed by atoms with E-state index in [0.29, 0.717) is 5.02 Å². The summed E-state index contributed by atoms with van der Waals surface area (Å²) in [5.41, 5.74) is 6.33. The monoisotopic (exact) mass is 338 g/mol. The van der Waals surface area contributed by atoms with E-state index in [2.05, 4.69) is 52.5 Å². The van der Waals surface area contributed by atoms with Crippen LogP contribution in [0.15, 0.2) is 46.9 Å². The van der Waals surface area contributed by atoms with E-state index in [0.717, 1.165) is 16.5 Å². The van der Waals surface area contributed by atoms with Crippen LogP contribution >= 0.6 is 27.5 Å². The van der Waals surface area contributed by atoms with Crippen LogP contribution in [0.5, 0.6) is 0 Å². The van der Waals surface area contributed by atoms with Gasteiger partial charge in [-0.1, -0.05) is 63.4 Å². The lowest BCUT2D eigenvalue weighted by Crippen LogP contribution is -2.29. The number of rotatable bonds is 4. The maximum absolute atomic E-state index is 6.27. The lowest BCUT2D eigenvalue weighted by Gasteiger charge is -2.18. The van der Waals surface area contributed by atoms with Gasteiger partial charge in [-0.05, 0) is 36.6 Å². The molecule has 0 aromatic heterocycles. The summed E-state index contributed by atoms with van der Waals surface area (Å²) < 4.78 is 0.965. The van der Waals surface area contributed by atoms with E-state index in [1.54, 1.807) is 0 Å². The second-order valence-corrected chi connectivity index (χ2v) is 5.90. The predicted octanol–water partition coefficient (Wildman–Crippen LogP) is 4.16. The van der Waals surface area contributed by atoms with Crippen LogP contribution in [0.25, 0.3) is 0 Å². The zero-order chi connectivity index (χ0) is 13.8. The minimum absolute atomic E-state index is 0.00306. The molecule has 0 saturated carbocycles. The Morgan fingerprint density at radius 2 is 1.89 bits per heavy atom. The third-order valence-electron chi connectivity index (χ3n) is 3.10. The molecule has 0 spiro atoms. The molecule has 0 aliphatic carbocycles. The van der Waals surface area contributed by atoms with E-state index in [1.807, 2.05) is 18.2 Å². The first-order valence-electron chi connectivity index (χ1n) is 6.07. The number of hydrogen-bond donors (Lipinski definition) is 2.